The van der Waals surface area contributed by atoms with Crippen LogP contribution in [0.4, 0.5) is 10.5 Å². The molecule has 1 aliphatic heterocycles. The van der Waals surface area contributed by atoms with Crippen LogP contribution in [0.25, 0.3) is 0 Å². The second-order valence-electron chi connectivity index (χ2n) is 3.92. The van der Waals surface area contributed by atoms with Gasteiger partial charge in [0.05, 0.1) is 0 Å². The first-order valence-electron chi connectivity index (χ1n) is 4.93. The maximum atomic E-state index is 11.2. The number of amides is 1. The Balaban J connectivity index is 2.28. The molecule has 15 heavy (non-hydrogen) atoms. The molecule has 0 spiro atoms. The third kappa shape index (κ3) is 1.88. The topological polar surface area (TPSA) is 64.3 Å². The summed E-state index contributed by atoms with van der Waals surface area (Å²) in [5.74, 6) is 0. The first-order chi connectivity index (χ1) is 7.10. The van der Waals surface area contributed by atoms with Crippen molar-refractivity contribution < 1.29 is 9.53 Å². The quantitative estimate of drug-likeness (QED) is 0.686. The summed E-state index contributed by atoms with van der Waals surface area (Å²) in [5.41, 5.74) is 6.76. The van der Waals surface area contributed by atoms with Crippen LogP contribution >= 0.6 is 0 Å². The zero-order valence-electron chi connectivity index (χ0n) is 8.62. The number of nitrogens with two attached hydrogens (primary N) is 1. The lowest BCUT2D eigenvalue weighted by atomic mass is 9.91. The molecule has 1 aromatic rings. The number of hydrogen-bond acceptors (Lipinski definition) is 3. The van der Waals surface area contributed by atoms with Crippen molar-refractivity contribution in [2.45, 2.75) is 18.9 Å². The van der Waals surface area contributed by atoms with Gasteiger partial charge >= 0.3 is 6.09 Å². The molecule has 0 saturated carbocycles. The summed E-state index contributed by atoms with van der Waals surface area (Å²) in [5, 5.41) is 2.63. The fourth-order valence-corrected chi connectivity index (χ4v) is 1.73. The number of ether oxygens (including phenoxy) is 1. The Morgan fingerprint density at radius 1 is 1.40 bits per heavy atom. The summed E-state index contributed by atoms with van der Waals surface area (Å²) in [6, 6.07) is 7.43. The second kappa shape index (κ2) is 3.46. The van der Waals surface area contributed by atoms with Crippen molar-refractivity contribution >= 4 is 11.8 Å². The van der Waals surface area contributed by atoms with Gasteiger partial charge in [0.25, 0.3) is 0 Å². The van der Waals surface area contributed by atoms with Gasteiger partial charge in [-0.05, 0) is 24.6 Å². The van der Waals surface area contributed by atoms with E-state index in [-0.39, 0.29) is 6.09 Å². The molecule has 80 valence electrons. The molecule has 0 aromatic heterocycles. The Bertz CT molecular complexity index is 375. The minimum absolute atomic E-state index is 0.361. The Morgan fingerprint density at radius 3 is 2.67 bits per heavy atom. The van der Waals surface area contributed by atoms with E-state index in [1.54, 1.807) is 0 Å². The van der Waals surface area contributed by atoms with Crippen LogP contribution in [0.1, 0.15) is 18.9 Å². The van der Waals surface area contributed by atoms with Gasteiger partial charge in [-0.3, -0.25) is 0 Å². The Morgan fingerprint density at radius 2 is 2.07 bits per heavy atom. The van der Waals surface area contributed by atoms with Gasteiger partial charge in [0.2, 0.25) is 0 Å². The molecule has 0 aliphatic carbocycles. The highest BCUT2D eigenvalue weighted by Gasteiger charge is 2.34. The van der Waals surface area contributed by atoms with Crippen LogP contribution < -0.4 is 11.1 Å². The van der Waals surface area contributed by atoms with Gasteiger partial charge in [-0.1, -0.05) is 12.1 Å². The van der Waals surface area contributed by atoms with Gasteiger partial charge in [-0.25, -0.2) is 4.79 Å². The Hall–Kier alpha value is -1.71. The number of anilines is 1. The highest BCUT2D eigenvalue weighted by Crippen LogP contribution is 2.31. The monoisotopic (exact) mass is 206 g/mol. The minimum atomic E-state index is -0.532. The molecule has 1 atom stereocenters. The molecule has 4 nitrogen and oxygen atoms in total. The first-order valence-corrected chi connectivity index (χ1v) is 4.93. The van der Waals surface area contributed by atoms with Crippen molar-refractivity contribution in [3.8, 4) is 0 Å². The van der Waals surface area contributed by atoms with E-state index in [0.29, 0.717) is 12.2 Å². The van der Waals surface area contributed by atoms with Crippen LogP contribution in [0.15, 0.2) is 24.3 Å². The number of carbonyl (C=O) groups excluding carboxylic acids is 1. The zero-order chi connectivity index (χ0) is 10.9. The molecule has 1 amide bonds. The van der Waals surface area contributed by atoms with E-state index in [4.69, 9.17) is 10.5 Å². The van der Waals surface area contributed by atoms with Gasteiger partial charge in [0.15, 0.2) is 0 Å². The van der Waals surface area contributed by atoms with Crippen molar-refractivity contribution in [1.29, 1.82) is 0 Å². The second-order valence-corrected chi connectivity index (χ2v) is 3.92. The number of nitrogen functional groups attached to an aromatic ring is 1. The maximum Gasteiger partial charge on any atom is 0.408 e. The van der Waals surface area contributed by atoms with Crippen molar-refractivity contribution in [3.63, 3.8) is 0 Å². The number of rotatable bonds is 1. The number of cyclic esters (lactones) is 1. The van der Waals surface area contributed by atoms with Crippen LogP contribution in [0.3, 0.4) is 0 Å². The van der Waals surface area contributed by atoms with E-state index >= 15 is 0 Å². The first kappa shape index (κ1) is 9.83. The molecule has 1 aromatic carbocycles. The molecule has 0 radical (unpaired) electrons. The lowest BCUT2D eigenvalue weighted by molar-refractivity contribution is -0.00272. The molecular formula is C11H14N2O2. The smallest absolute Gasteiger partial charge is 0.408 e. The fourth-order valence-electron chi connectivity index (χ4n) is 1.73. The average molecular weight is 206 g/mol. The summed E-state index contributed by atoms with van der Waals surface area (Å²) in [7, 11) is 0. The number of carbonyl (C=O) groups is 1. The maximum absolute atomic E-state index is 11.2. The van der Waals surface area contributed by atoms with E-state index < -0.39 is 5.60 Å². The van der Waals surface area contributed by atoms with E-state index in [1.807, 2.05) is 31.2 Å². The summed E-state index contributed by atoms with van der Waals surface area (Å²) < 4.78 is 5.31. The molecule has 3 N–H and O–H groups in total. The number of benzene rings is 1. The Labute approximate surface area is 88.4 Å². The molecule has 4 heteroatoms. The third-order valence-electron chi connectivity index (χ3n) is 2.71. The standard InChI is InChI=1S/C11H14N2O2/c1-11(6-7-13-10(14)15-11)8-2-4-9(12)5-3-8/h2-5H,6-7,12H2,1H3,(H,13,14). The lowest BCUT2D eigenvalue weighted by Crippen LogP contribution is -2.43. The predicted octanol–water partition coefficient (Wildman–Crippen LogP) is 1.61. The molecule has 1 heterocycles. The highest BCUT2D eigenvalue weighted by molar-refractivity contribution is 5.68. The minimum Gasteiger partial charge on any atom is -0.438 e. The van der Waals surface area contributed by atoms with Crippen molar-refractivity contribution in [2.75, 3.05) is 12.3 Å². The molecule has 0 bridgehead atoms. The van der Waals surface area contributed by atoms with Gasteiger partial charge < -0.3 is 15.8 Å². The summed E-state index contributed by atoms with van der Waals surface area (Å²) >= 11 is 0. The van der Waals surface area contributed by atoms with Crippen molar-refractivity contribution in [2.24, 2.45) is 0 Å². The van der Waals surface area contributed by atoms with E-state index in [9.17, 15) is 4.79 Å². The fraction of sp³-hybridized carbons (Fsp3) is 0.364. The van der Waals surface area contributed by atoms with Crippen LogP contribution in [0.2, 0.25) is 0 Å². The summed E-state index contributed by atoms with van der Waals surface area (Å²) in [6.07, 6.45) is 0.406. The van der Waals surface area contributed by atoms with Gasteiger partial charge in [-0.15, -0.1) is 0 Å². The normalized spacial score (nSPS) is 25.5. The third-order valence-corrected chi connectivity index (χ3v) is 2.71. The number of hydrogen-bond donors (Lipinski definition) is 2. The van der Waals surface area contributed by atoms with Gasteiger partial charge in [0.1, 0.15) is 5.60 Å². The van der Waals surface area contributed by atoms with Gasteiger partial charge in [-0.2, -0.15) is 0 Å². The van der Waals surface area contributed by atoms with E-state index in [0.717, 1.165) is 12.0 Å². The zero-order valence-corrected chi connectivity index (χ0v) is 8.62. The molecule has 1 unspecified atom stereocenters. The summed E-state index contributed by atoms with van der Waals surface area (Å²) in [4.78, 5) is 11.2. The largest absolute Gasteiger partial charge is 0.438 e. The molecule has 1 aliphatic rings. The van der Waals surface area contributed by atoms with Crippen molar-refractivity contribution in [1.82, 2.24) is 5.32 Å². The van der Waals surface area contributed by atoms with E-state index in [1.165, 1.54) is 0 Å². The Kier molecular flexibility index (Phi) is 2.26. The summed E-state index contributed by atoms with van der Waals surface area (Å²) in [6.45, 7) is 2.55. The van der Waals surface area contributed by atoms with Crippen molar-refractivity contribution in [3.05, 3.63) is 29.8 Å². The number of nitrogens with one attached hydrogen (secondary N) is 1. The van der Waals surface area contributed by atoms with Crippen LogP contribution in [-0.4, -0.2) is 12.6 Å². The molecule has 1 fully saturated rings. The molecule has 1 saturated heterocycles. The van der Waals surface area contributed by atoms with Crippen LogP contribution in [0, 0.1) is 0 Å². The van der Waals surface area contributed by atoms with Crippen LogP contribution in [0.5, 0.6) is 0 Å². The highest BCUT2D eigenvalue weighted by atomic mass is 16.6. The van der Waals surface area contributed by atoms with Crippen LogP contribution in [-0.2, 0) is 10.3 Å². The predicted molar refractivity (Wildman–Crippen MR) is 57.3 cm³/mol. The molecule has 2 rings (SSSR count). The van der Waals surface area contributed by atoms with Gasteiger partial charge in [0, 0.05) is 18.7 Å². The van der Waals surface area contributed by atoms with E-state index in [2.05, 4.69) is 5.32 Å². The SMILES string of the molecule is CC1(c2ccc(N)cc2)CCNC(=O)O1. The average Bonchev–Trinajstić information content (AvgIpc) is 2.18. The number of alkyl carbamates (subject to hydrolysis) is 1. The molecular weight excluding hydrogens is 192 g/mol. The lowest BCUT2D eigenvalue weighted by Gasteiger charge is -2.34.